The van der Waals surface area contributed by atoms with E-state index in [0.717, 1.165) is 12.8 Å². The Bertz CT molecular complexity index is 758. The molecule has 1 aromatic carbocycles. The molecule has 1 atom stereocenters. The van der Waals surface area contributed by atoms with Crippen LogP contribution in [-0.4, -0.2) is 16.7 Å². The molecule has 0 saturated carbocycles. The number of carbonyl (C=O) groups is 2. The summed E-state index contributed by atoms with van der Waals surface area (Å²) in [6.45, 7) is 4.36. The third kappa shape index (κ3) is 3.04. The molecule has 1 aliphatic heterocycles. The third-order valence-corrected chi connectivity index (χ3v) is 4.92. The van der Waals surface area contributed by atoms with Crippen molar-refractivity contribution in [2.24, 2.45) is 5.92 Å². The van der Waals surface area contributed by atoms with Crippen molar-refractivity contribution in [3.05, 3.63) is 58.7 Å². The molecule has 1 heterocycles. The number of aryl methyl sites for hydroxylation is 1. The van der Waals surface area contributed by atoms with Gasteiger partial charge in [0.2, 0.25) is 0 Å². The van der Waals surface area contributed by atoms with E-state index in [-0.39, 0.29) is 17.7 Å². The van der Waals surface area contributed by atoms with E-state index in [9.17, 15) is 9.59 Å². The van der Waals surface area contributed by atoms with E-state index in [2.05, 4.69) is 43.4 Å². The molecule has 0 bridgehead atoms. The van der Waals surface area contributed by atoms with E-state index >= 15 is 0 Å². The highest BCUT2D eigenvalue weighted by Gasteiger charge is 2.35. The predicted octanol–water partition coefficient (Wildman–Crippen LogP) is 3.25. The molecular formula is C19H19NO2S. The summed E-state index contributed by atoms with van der Waals surface area (Å²) >= 11 is 5.46. The first-order chi connectivity index (χ1) is 11.0. The van der Waals surface area contributed by atoms with Gasteiger partial charge in [0.15, 0.2) is 0 Å². The zero-order valence-electron chi connectivity index (χ0n) is 13.3. The molecular weight excluding hydrogens is 306 g/mol. The number of nitrogens with one attached hydrogen (secondary N) is 1. The van der Waals surface area contributed by atoms with Gasteiger partial charge >= 0.3 is 0 Å². The molecule has 1 aliphatic carbocycles. The van der Waals surface area contributed by atoms with E-state index < -0.39 is 0 Å². The van der Waals surface area contributed by atoms with Gasteiger partial charge in [-0.1, -0.05) is 62.5 Å². The first-order valence-corrected chi connectivity index (χ1v) is 8.29. The Labute approximate surface area is 141 Å². The molecule has 2 aliphatic rings. The van der Waals surface area contributed by atoms with Crippen LogP contribution in [0.2, 0.25) is 0 Å². The number of hydrogen-bond donors (Lipinski definition) is 1. The Balaban J connectivity index is 1.71. The summed E-state index contributed by atoms with van der Waals surface area (Å²) in [6, 6.07) is 8.59. The maximum atomic E-state index is 11.9. The lowest BCUT2D eigenvalue weighted by molar-refractivity contribution is -0.123. The molecule has 0 aromatic heterocycles. The zero-order chi connectivity index (χ0) is 16.6. The van der Waals surface area contributed by atoms with Gasteiger partial charge in [0, 0.05) is 10.8 Å². The molecule has 3 rings (SSSR count). The maximum absolute atomic E-state index is 11.9. The number of benzene rings is 1. The minimum atomic E-state index is -0.355. The maximum Gasteiger partial charge on any atom is 0.260 e. The first-order valence-electron chi connectivity index (χ1n) is 7.88. The summed E-state index contributed by atoms with van der Waals surface area (Å²) in [6.07, 6.45) is 5.43. The van der Waals surface area contributed by atoms with Crippen LogP contribution in [0.5, 0.6) is 0 Å². The quantitative estimate of drug-likeness (QED) is 0.683. The molecule has 0 spiro atoms. The van der Waals surface area contributed by atoms with Crippen LogP contribution in [0.15, 0.2) is 47.6 Å². The van der Waals surface area contributed by atoms with Crippen molar-refractivity contribution in [1.82, 2.24) is 5.32 Å². The summed E-state index contributed by atoms with van der Waals surface area (Å²) in [5, 5.41) is 2.31. The molecule has 1 aromatic rings. The Kier molecular flexibility index (Phi) is 4.26. The second kappa shape index (κ2) is 6.20. The summed E-state index contributed by atoms with van der Waals surface area (Å²) in [5.74, 6) is -0.160. The lowest BCUT2D eigenvalue weighted by Gasteiger charge is -2.18. The van der Waals surface area contributed by atoms with Gasteiger partial charge in [0.1, 0.15) is 0 Å². The lowest BCUT2D eigenvalue weighted by Crippen LogP contribution is -2.25. The highest BCUT2D eigenvalue weighted by atomic mass is 32.1. The molecule has 118 valence electrons. The van der Waals surface area contributed by atoms with Crippen LogP contribution in [0, 0.1) is 5.92 Å². The fourth-order valence-electron chi connectivity index (χ4n) is 3.01. The average Bonchev–Trinajstić information content (AvgIpc) is 2.82. The van der Waals surface area contributed by atoms with E-state index in [4.69, 9.17) is 12.2 Å². The Morgan fingerprint density at radius 1 is 1.22 bits per heavy atom. The molecule has 0 fully saturated rings. The van der Waals surface area contributed by atoms with E-state index in [1.807, 2.05) is 6.08 Å². The van der Waals surface area contributed by atoms with E-state index in [0.29, 0.717) is 21.9 Å². The molecule has 4 heteroatoms. The second-order valence-corrected chi connectivity index (χ2v) is 6.78. The predicted molar refractivity (Wildman–Crippen MR) is 94.3 cm³/mol. The van der Waals surface area contributed by atoms with Crippen LogP contribution in [0.25, 0.3) is 0 Å². The number of thiocarbonyl (C=S) groups is 1. The number of allylic oxidation sites excluding steroid dienone is 1. The summed E-state index contributed by atoms with van der Waals surface area (Å²) in [5.41, 5.74) is 3.42. The Morgan fingerprint density at radius 2 is 2.00 bits per heavy atom. The summed E-state index contributed by atoms with van der Waals surface area (Å²) in [7, 11) is 0. The first kappa shape index (κ1) is 15.8. The second-order valence-electron chi connectivity index (χ2n) is 6.34. The van der Waals surface area contributed by atoms with Crippen molar-refractivity contribution in [3.8, 4) is 0 Å². The van der Waals surface area contributed by atoms with Crippen molar-refractivity contribution in [3.63, 3.8) is 0 Å². The average molecular weight is 325 g/mol. The fraction of sp³-hybridized carbons (Fsp3) is 0.316. The van der Waals surface area contributed by atoms with Crippen LogP contribution < -0.4 is 5.32 Å². The SMILES string of the molecule is CC(C)c1cccc(CCC2C=CC3=C(C(=O)NC3=O)C2=S)c1. The molecule has 2 amide bonds. The van der Waals surface area contributed by atoms with Gasteiger partial charge in [-0.25, -0.2) is 0 Å². The molecule has 3 nitrogen and oxygen atoms in total. The largest absolute Gasteiger partial charge is 0.288 e. The topological polar surface area (TPSA) is 46.2 Å². The molecule has 1 unspecified atom stereocenters. The third-order valence-electron chi connectivity index (χ3n) is 4.41. The van der Waals surface area contributed by atoms with Crippen molar-refractivity contribution >= 4 is 28.9 Å². The zero-order valence-corrected chi connectivity index (χ0v) is 14.1. The molecule has 1 N–H and O–H groups in total. The highest BCUT2D eigenvalue weighted by molar-refractivity contribution is 7.81. The number of rotatable bonds is 4. The summed E-state index contributed by atoms with van der Waals surface area (Å²) in [4.78, 5) is 24.1. The number of amides is 2. The standard InChI is InChI=1S/C19H19NO2S/c1-11(2)14-5-3-4-12(10-14)6-7-13-8-9-15-16(17(13)23)19(22)20-18(15)21/h3-5,8-11,13H,6-7H2,1-2H3,(H,20,21,22). The Hall–Kier alpha value is -2.07. The van der Waals surface area contributed by atoms with Crippen LogP contribution in [0.1, 0.15) is 37.3 Å². The lowest BCUT2D eigenvalue weighted by atomic mass is 9.86. The van der Waals surface area contributed by atoms with E-state index in [1.165, 1.54) is 11.1 Å². The van der Waals surface area contributed by atoms with Gasteiger partial charge < -0.3 is 0 Å². The number of imide groups is 1. The smallest absolute Gasteiger partial charge is 0.260 e. The van der Waals surface area contributed by atoms with Crippen LogP contribution in [-0.2, 0) is 16.0 Å². The van der Waals surface area contributed by atoms with Gasteiger partial charge in [-0.3, -0.25) is 14.9 Å². The fourth-order valence-corrected chi connectivity index (χ4v) is 3.41. The van der Waals surface area contributed by atoms with Gasteiger partial charge in [-0.05, 0) is 29.9 Å². The summed E-state index contributed by atoms with van der Waals surface area (Å²) < 4.78 is 0. The van der Waals surface area contributed by atoms with Crippen molar-refractivity contribution in [1.29, 1.82) is 0 Å². The number of hydrogen-bond acceptors (Lipinski definition) is 3. The van der Waals surface area contributed by atoms with Gasteiger partial charge in [-0.2, -0.15) is 0 Å². The Morgan fingerprint density at radius 3 is 2.74 bits per heavy atom. The highest BCUT2D eigenvalue weighted by Crippen LogP contribution is 2.29. The molecule has 0 saturated heterocycles. The van der Waals surface area contributed by atoms with Crippen molar-refractivity contribution < 1.29 is 9.59 Å². The normalized spacial score (nSPS) is 20.3. The minimum Gasteiger partial charge on any atom is -0.288 e. The monoisotopic (exact) mass is 325 g/mol. The minimum absolute atomic E-state index is 0.0307. The van der Waals surface area contributed by atoms with Gasteiger partial charge in [0.25, 0.3) is 11.8 Å². The van der Waals surface area contributed by atoms with Crippen LogP contribution >= 0.6 is 12.2 Å². The van der Waals surface area contributed by atoms with Crippen molar-refractivity contribution in [2.45, 2.75) is 32.6 Å². The van der Waals surface area contributed by atoms with E-state index in [1.54, 1.807) is 6.08 Å². The van der Waals surface area contributed by atoms with Crippen LogP contribution in [0.4, 0.5) is 0 Å². The van der Waals surface area contributed by atoms with Gasteiger partial charge in [0.05, 0.1) is 11.1 Å². The number of carbonyl (C=O) groups excluding carboxylic acids is 2. The van der Waals surface area contributed by atoms with Crippen molar-refractivity contribution in [2.75, 3.05) is 0 Å². The van der Waals surface area contributed by atoms with Gasteiger partial charge in [-0.15, -0.1) is 0 Å². The van der Waals surface area contributed by atoms with Crippen LogP contribution in [0.3, 0.4) is 0 Å². The molecule has 23 heavy (non-hydrogen) atoms. The molecule has 0 radical (unpaired) electrons.